The minimum atomic E-state index is 0.819. The molecule has 4 nitrogen and oxygen atoms in total. The van der Waals surface area contributed by atoms with E-state index in [1.807, 2.05) is 6.20 Å². The molecule has 0 bridgehead atoms. The van der Waals surface area contributed by atoms with E-state index in [1.54, 1.807) is 7.11 Å². The Morgan fingerprint density at radius 1 is 1.39 bits per heavy atom. The lowest BCUT2D eigenvalue weighted by Crippen LogP contribution is -2.21. The molecule has 0 radical (unpaired) electrons. The Labute approximate surface area is 110 Å². The Balaban J connectivity index is 2.33. The van der Waals surface area contributed by atoms with Crippen LogP contribution in [0.15, 0.2) is 18.3 Å². The number of rotatable bonds is 9. The first-order valence-electron chi connectivity index (χ1n) is 6.58. The summed E-state index contributed by atoms with van der Waals surface area (Å²) in [6, 6.07) is 4.26. The number of hydrogen-bond donors (Lipinski definition) is 1. The summed E-state index contributed by atoms with van der Waals surface area (Å²) >= 11 is 0. The molecule has 0 aliphatic carbocycles. The molecule has 0 atom stereocenters. The molecule has 18 heavy (non-hydrogen) atoms. The first-order valence-corrected chi connectivity index (χ1v) is 6.58. The highest BCUT2D eigenvalue weighted by molar-refractivity contribution is 5.13. The van der Waals surface area contributed by atoms with Crippen molar-refractivity contribution in [3.63, 3.8) is 0 Å². The van der Waals surface area contributed by atoms with Gasteiger partial charge in [-0.2, -0.15) is 0 Å². The minimum Gasteiger partial charge on any atom is -0.385 e. The number of nitrogens with one attached hydrogen (secondary N) is 1. The van der Waals surface area contributed by atoms with Gasteiger partial charge in [-0.15, -0.1) is 0 Å². The average molecular weight is 251 g/mol. The first-order chi connectivity index (χ1) is 8.76. The average Bonchev–Trinajstić information content (AvgIpc) is 2.38. The highest BCUT2D eigenvalue weighted by Gasteiger charge is 2.01. The first kappa shape index (κ1) is 15.1. The second-order valence-electron chi connectivity index (χ2n) is 4.52. The van der Waals surface area contributed by atoms with E-state index in [2.05, 4.69) is 41.3 Å². The molecule has 0 amide bonds. The van der Waals surface area contributed by atoms with Crippen LogP contribution in [0.2, 0.25) is 0 Å². The third-order valence-electron chi connectivity index (χ3n) is 2.79. The Morgan fingerprint density at radius 3 is 2.83 bits per heavy atom. The summed E-state index contributed by atoms with van der Waals surface area (Å²) < 4.78 is 5.05. The molecule has 4 heteroatoms. The molecule has 102 valence electrons. The Kier molecular flexibility index (Phi) is 7.57. The quantitative estimate of drug-likeness (QED) is 0.677. The third-order valence-corrected chi connectivity index (χ3v) is 2.79. The molecular weight excluding hydrogens is 226 g/mol. The van der Waals surface area contributed by atoms with E-state index in [0.29, 0.717) is 0 Å². The molecule has 0 aliphatic heterocycles. The fourth-order valence-electron chi connectivity index (χ4n) is 1.76. The lowest BCUT2D eigenvalue weighted by Gasteiger charge is -2.15. The van der Waals surface area contributed by atoms with Gasteiger partial charge >= 0.3 is 0 Å². The summed E-state index contributed by atoms with van der Waals surface area (Å²) in [4.78, 5) is 6.76. The number of hydrogen-bond acceptors (Lipinski definition) is 4. The van der Waals surface area contributed by atoms with Crippen molar-refractivity contribution in [1.82, 2.24) is 15.2 Å². The van der Waals surface area contributed by atoms with E-state index in [4.69, 9.17) is 4.74 Å². The highest BCUT2D eigenvalue weighted by Crippen LogP contribution is 2.03. The van der Waals surface area contributed by atoms with Gasteiger partial charge in [0.15, 0.2) is 0 Å². The van der Waals surface area contributed by atoms with Gasteiger partial charge in [-0.05, 0) is 31.6 Å². The maximum Gasteiger partial charge on any atom is 0.0544 e. The summed E-state index contributed by atoms with van der Waals surface area (Å²) in [5.41, 5.74) is 2.36. The van der Waals surface area contributed by atoms with E-state index >= 15 is 0 Å². The SMILES string of the molecule is CCNCc1ccc(CN(C)CCCOC)nc1. The largest absolute Gasteiger partial charge is 0.385 e. The van der Waals surface area contributed by atoms with Gasteiger partial charge in [-0.1, -0.05) is 13.0 Å². The van der Waals surface area contributed by atoms with Crippen LogP contribution in [0.3, 0.4) is 0 Å². The van der Waals surface area contributed by atoms with Gasteiger partial charge in [0.2, 0.25) is 0 Å². The summed E-state index contributed by atoms with van der Waals surface area (Å²) in [7, 11) is 3.86. The number of pyridine rings is 1. The van der Waals surface area contributed by atoms with Crippen molar-refractivity contribution in [2.75, 3.05) is 33.9 Å². The van der Waals surface area contributed by atoms with Crippen LogP contribution < -0.4 is 5.32 Å². The van der Waals surface area contributed by atoms with E-state index in [0.717, 1.165) is 44.9 Å². The van der Waals surface area contributed by atoms with Crippen LogP contribution in [-0.4, -0.2) is 43.7 Å². The standard InChI is InChI=1S/C14H25N3O/c1-4-15-10-13-6-7-14(16-11-13)12-17(2)8-5-9-18-3/h6-7,11,15H,4-5,8-10,12H2,1-3H3. The monoisotopic (exact) mass is 251 g/mol. The predicted octanol–water partition coefficient (Wildman–Crippen LogP) is 1.66. The molecular formula is C14H25N3O. The topological polar surface area (TPSA) is 37.4 Å². The molecule has 0 aromatic carbocycles. The fraction of sp³-hybridized carbons (Fsp3) is 0.643. The maximum absolute atomic E-state index is 5.05. The van der Waals surface area contributed by atoms with Gasteiger partial charge in [-0.3, -0.25) is 4.98 Å². The molecule has 0 spiro atoms. The molecule has 1 rings (SSSR count). The second kappa shape index (κ2) is 9.03. The molecule has 0 unspecified atom stereocenters. The van der Waals surface area contributed by atoms with E-state index in [1.165, 1.54) is 5.56 Å². The lowest BCUT2D eigenvalue weighted by molar-refractivity contribution is 0.178. The van der Waals surface area contributed by atoms with Crippen LogP contribution in [0.5, 0.6) is 0 Å². The van der Waals surface area contributed by atoms with E-state index in [9.17, 15) is 0 Å². The van der Waals surface area contributed by atoms with E-state index in [-0.39, 0.29) is 0 Å². The Hall–Kier alpha value is -0.970. The van der Waals surface area contributed by atoms with Crippen molar-refractivity contribution in [2.45, 2.75) is 26.4 Å². The van der Waals surface area contributed by atoms with Crippen molar-refractivity contribution >= 4 is 0 Å². The normalized spacial score (nSPS) is 11.1. The van der Waals surface area contributed by atoms with Gasteiger partial charge < -0.3 is 15.0 Å². The Morgan fingerprint density at radius 2 is 2.22 bits per heavy atom. The van der Waals surface area contributed by atoms with Crippen LogP contribution in [0.1, 0.15) is 24.6 Å². The van der Waals surface area contributed by atoms with Crippen LogP contribution >= 0.6 is 0 Å². The maximum atomic E-state index is 5.05. The summed E-state index contributed by atoms with van der Waals surface area (Å²) in [6.45, 7) is 6.74. The molecule has 1 heterocycles. The van der Waals surface area contributed by atoms with Crippen molar-refractivity contribution in [1.29, 1.82) is 0 Å². The van der Waals surface area contributed by atoms with Crippen LogP contribution in [0.4, 0.5) is 0 Å². The van der Waals surface area contributed by atoms with Gasteiger partial charge in [0.1, 0.15) is 0 Å². The third kappa shape index (κ3) is 6.10. The predicted molar refractivity (Wildman–Crippen MR) is 74.4 cm³/mol. The smallest absolute Gasteiger partial charge is 0.0544 e. The summed E-state index contributed by atoms with van der Waals surface area (Å²) in [5.74, 6) is 0. The van der Waals surface area contributed by atoms with Crippen molar-refractivity contribution < 1.29 is 4.74 Å². The highest BCUT2D eigenvalue weighted by atomic mass is 16.5. The molecule has 0 aliphatic rings. The molecule has 0 fully saturated rings. The zero-order chi connectivity index (χ0) is 13.2. The van der Waals surface area contributed by atoms with Crippen LogP contribution in [0.25, 0.3) is 0 Å². The van der Waals surface area contributed by atoms with E-state index < -0.39 is 0 Å². The van der Waals surface area contributed by atoms with Crippen molar-refractivity contribution in [3.05, 3.63) is 29.6 Å². The zero-order valence-electron chi connectivity index (χ0n) is 11.8. The molecule has 1 N–H and O–H groups in total. The number of aromatic nitrogens is 1. The Bertz CT molecular complexity index is 313. The molecule has 0 saturated heterocycles. The fourth-order valence-corrected chi connectivity index (χ4v) is 1.76. The van der Waals surface area contributed by atoms with Gasteiger partial charge in [-0.25, -0.2) is 0 Å². The zero-order valence-corrected chi connectivity index (χ0v) is 11.8. The van der Waals surface area contributed by atoms with Gasteiger partial charge in [0.05, 0.1) is 5.69 Å². The molecule has 0 saturated carbocycles. The van der Waals surface area contributed by atoms with Gasteiger partial charge in [0.25, 0.3) is 0 Å². The van der Waals surface area contributed by atoms with Gasteiger partial charge in [0, 0.05) is 39.5 Å². The van der Waals surface area contributed by atoms with Crippen molar-refractivity contribution in [2.24, 2.45) is 0 Å². The number of ether oxygens (including phenoxy) is 1. The second-order valence-corrected chi connectivity index (χ2v) is 4.52. The summed E-state index contributed by atoms with van der Waals surface area (Å²) in [6.07, 6.45) is 3.02. The summed E-state index contributed by atoms with van der Waals surface area (Å²) in [5, 5.41) is 3.29. The number of methoxy groups -OCH3 is 1. The minimum absolute atomic E-state index is 0.819. The van der Waals surface area contributed by atoms with Crippen LogP contribution in [0, 0.1) is 0 Å². The van der Waals surface area contributed by atoms with Crippen LogP contribution in [-0.2, 0) is 17.8 Å². The van der Waals surface area contributed by atoms with Crippen molar-refractivity contribution in [3.8, 4) is 0 Å². The molecule has 1 aromatic rings. The molecule has 1 aromatic heterocycles. The lowest BCUT2D eigenvalue weighted by atomic mass is 10.2. The number of nitrogens with zero attached hydrogens (tertiary/aromatic N) is 2.